The van der Waals surface area contributed by atoms with E-state index in [0.29, 0.717) is 37.3 Å². The number of hydrogen-bond acceptors (Lipinski definition) is 4. The second-order valence-electron chi connectivity index (χ2n) is 5.90. The van der Waals surface area contributed by atoms with Crippen molar-refractivity contribution in [2.75, 3.05) is 18.8 Å². The molecule has 0 unspecified atom stereocenters. The number of carbonyl (C=O) groups excluding carboxylic acids is 1. The second-order valence-corrected chi connectivity index (χ2v) is 5.90. The van der Waals surface area contributed by atoms with Crippen LogP contribution in [0.2, 0.25) is 0 Å². The first-order valence-corrected chi connectivity index (χ1v) is 7.13. The van der Waals surface area contributed by atoms with Gasteiger partial charge in [0.1, 0.15) is 5.69 Å². The Balaban J connectivity index is 1.88. The van der Waals surface area contributed by atoms with Gasteiger partial charge in [-0.05, 0) is 31.9 Å². The molecule has 1 aliphatic heterocycles. The summed E-state index contributed by atoms with van der Waals surface area (Å²) in [5, 5.41) is 10.8. The van der Waals surface area contributed by atoms with Crippen molar-refractivity contribution in [2.45, 2.75) is 25.4 Å². The zero-order chi connectivity index (χ0) is 15.0. The fourth-order valence-corrected chi connectivity index (χ4v) is 2.67. The van der Waals surface area contributed by atoms with E-state index in [-0.39, 0.29) is 5.91 Å². The van der Waals surface area contributed by atoms with Gasteiger partial charge in [-0.1, -0.05) is 18.2 Å². The quantitative estimate of drug-likeness (QED) is 0.837. The lowest BCUT2D eigenvalue weighted by molar-refractivity contribution is -0.00218. The van der Waals surface area contributed by atoms with Crippen LogP contribution in [-0.2, 0) is 0 Å². The normalized spacial score (nSPS) is 17.9. The molecule has 5 heteroatoms. The van der Waals surface area contributed by atoms with Gasteiger partial charge in [-0.2, -0.15) is 0 Å². The van der Waals surface area contributed by atoms with Crippen LogP contribution in [-0.4, -0.2) is 39.6 Å². The lowest BCUT2D eigenvalue weighted by Crippen LogP contribution is -2.45. The number of pyridine rings is 1. The summed E-state index contributed by atoms with van der Waals surface area (Å²) >= 11 is 0. The third kappa shape index (κ3) is 2.69. The summed E-state index contributed by atoms with van der Waals surface area (Å²) < 4.78 is 0. The summed E-state index contributed by atoms with van der Waals surface area (Å²) in [4.78, 5) is 18.7. The smallest absolute Gasteiger partial charge is 0.272 e. The molecule has 5 nitrogen and oxygen atoms in total. The molecule has 1 aromatic heterocycles. The molecule has 1 fully saturated rings. The molecule has 1 amide bonds. The summed E-state index contributed by atoms with van der Waals surface area (Å²) in [5.74, 6) is -0.122. The van der Waals surface area contributed by atoms with Crippen LogP contribution < -0.4 is 5.73 Å². The first-order chi connectivity index (χ1) is 9.96. The van der Waals surface area contributed by atoms with Crippen LogP contribution in [0.5, 0.6) is 0 Å². The average Bonchev–Trinajstić information content (AvgIpc) is 2.46. The monoisotopic (exact) mass is 285 g/mol. The van der Waals surface area contributed by atoms with Crippen molar-refractivity contribution in [3.63, 3.8) is 0 Å². The van der Waals surface area contributed by atoms with Crippen LogP contribution in [0.25, 0.3) is 10.9 Å². The fourth-order valence-electron chi connectivity index (χ4n) is 2.67. The number of amides is 1. The highest BCUT2D eigenvalue weighted by atomic mass is 16.3. The lowest BCUT2D eigenvalue weighted by atomic mass is 9.93. The van der Waals surface area contributed by atoms with Crippen LogP contribution in [0.3, 0.4) is 0 Å². The molecular formula is C16H19N3O2. The van der Waals surface area contributed by atoms with Gasteiger partial charge in [-0.25, -0.2) is 4.98 Å². The van der Waals surface area contributed by atoms with Gasteiger partial charge in [-0.3, -0.25) is 4.79 Å². The summed E-state index contributed by atoms with van der Waals surface area (Å²) in [5.41, 5.74) is 7.00. The number of nitrogens with two attached hydrogens (primary N) is 1. The third-order valence-electron chi connectivity index (χ3n) is 4.10. The molecule has 110 valence electrons. The maximum atomic E-state index is 12.5. The predicted molar refractivity (Wildman–Crippen MR) is 81.9 cm³/mol. The number of nitrogen functional groups attached to an aromatic ring is 1. The topological polar surface area (TPSA) is 79.5 Å². The molecule has 0 radical (unpaired) electrons. The van der Waals surface area contributed by atoms with Crippen LogP contribution in [0.4, 0.5) is 5.69 Å². The van der Waals surface area contributed by atoms with E-state index >= 15 is 0 Å². The van der Waals surface area contributed by atoms with E-state index in [4.69, 9.17) is 5.73 Å². The number of likely N-dealkylation sites (tertiary alicyclic amines) is 1. The van der Waals surface area contributed by atoms with E-state index in [1.165, 1.54) is 0 Å². The van der Waals surface area contributed by atoms with E-state index in [1.807, 2.05) is 24.3 Å². The number of anilines is 1. The first kappa shape index (κ1) is 13.8. The van der Waals surface area contributed by atoms with Crippen molar-refractivity contribution in [1.29, 1.82) is 0 Å². The molecule has 0 atom stereocenters. The van der Waals surface area contributed by atoms with Crippen LogP contribution in [0.15, 0.2) is 30.3 Å². The number of piperidine rings is 1. The summed E-state index contributed by atoms with van der Waals surface area (Å²) in [6, 6.07) is 9.15. The Labute approximate surface area is 123 Å². The predicted octanol–water partition coefficient (Wildman–Crippen LogP) is 1.80. The zero-order valence-electron chi connectivity index (χ0n) is 12.0. The van der Waals surface area contributed by atoms with Gasteiger partial charge in [0.15, 0.2) is 0 Å². The maximum absolute atomic E-state index is 12.5. The SMILES string of the molecule is CC1(O)CCN(C(=O)c2cc(N)c3ccccc3n2)CC1. The largest absolute Gasteiger partial charge is 0.398 e. The summed E-state index contributed by atoms with van der Waals surface area (Å²) in [6.07, 6.45) is 1.17. The summed E-state index contributed by atoms with van der Waals surface area (Å²) in [7, 11) is 0. The van der Waals surface area contributed by atoms with Crippen molar-refractivity contribution < 1.29 is 9.90 Å². The van der Waals surface area contributed by atoms with Gasteiger partial charge in [0.2, 0.25) is 0 Å². The highest BCUT2D eigenvalue weighted by Crippen LogP contribution is 2.24. The molecule has 3 N–H and O–H groups in total. The fraction of sp³-hybridized carbons (Fsp3) is 0.375. The average molecular weight is 285 g/mol. The molecule has 1 aromatic carbocycles. The number of para-hydroxylation sites is 1. The van der Waals surface area contributed by atoms with E-state index in [9.17, 15) is 9.90 Å². The van der Waals surface area contributed by atoms with Crippen LogP contribution in [0.1, 0.15) is 30.3 Å². The molecule has 0 aliphatic carbocycles. The van der Waals surface area contributed by atoms with Crippen molar-refractivity contribution in [1.82, 2.24) is 9.88 Å². The molecule has 0 spiro atoms. The van der Waals surface area contributed by atoms with E-state index < -0.39 is 5.60 Å². The molecule has 1 aliphatic rings. The Bertz CT molecular complexity index is 687. The molecule has 21 heavy (non-hydrogen) atoms. The Morgan fingerprint density at radius 2 is 2.00 bits per heavy atom. The van der Waals surface area contributed by atoms with Gasteiger partial charge in [0.25, 0.3) is 5.91 Å². The number of nitrogens with zero attached hydrogens (tertiary/aromatic N) is 2. The first-order valence-electron chi connectivity index (χ1n) is 7.13. The maximum Gasteiger partial charge on any atom is 0.272 e. The number of fused-ring (bicyclic) bond motifs is 1. The molecular weight excluding hydrogens is 266 g/mol. The molecule has 2 heterocycles. The number of carbonyl (C=O) groups is 1. The second kappa shape index (κ2) is 5.00. The van der Waals surface area contributed by atoms with Gasteiger partial charge in [-0.15, -0.1) is 0 Å². The minimum absolute atomic E-state index is 0.122. The van der Waals surface area contributed by atoms with Crippen molar-refractivity contribution in [3.8, 4) is 0 Å². The van der Waals surface area contributed by atoms with Crippen molar-refractivity contribution in [2.24, 2.45) is 0 Å². The van der Waals surface area contributed by atoms with Gasteiger partial charge >= 0.3 is 0 Å². The minimum Gasteiger partial charge on any atom is -0.398 e. The Morgan fingerprint density at radius 3 is 2.71 bits per heavy atom. The van der Waals surface area contributed by atoms with Crippen molar-refractivity contribution >= 4 is 22.5 Å². The minimum atomic E-state index is -0.674. The van der Waals surface area contributed by atoms with E-state index in [2.05, 4.69) is 4.98 Å². The molecule has 3 rings (SSSR count). The highest BCUT2D eigenvalue weighted by molar-refractivity contribution is 5.99. The zero-order valence-corrected chi connectivity index (χ0v) is 12.0. The molecule has 0 saturated carbocycles. The van der Waals surface area contributed by atoms with E-state index in [1.54, 1.807) is 17.9 Å². The van der Waals surface area contributed by atoms with Gasteiger partial charge < -0.3 is 15.7 Å². The van der Waals surface area contributed by atoms with Gasteiger partial charge in [0, 0.05) is 24.2 Å². The highest BCUT2D eigenvalue weighted by Gasteiger charge is 2.30. The van der Waals surface area contributed by atoms with E-state index in [0.717, 1.165) is 10.9 Å². The Morgan fingerprint density at radius 1 is 1.33 bits per heavy atom. The standard InChI is InChI=1S/C16H19N3O2/c1-16(21)6-8-19(9-7-16)15(20)14-10-12(17)11-4-2-3-5-13(11)18-14/h2-5,10,21H,6-9H2,1H3,(H2,17,18). The Hall–Kier alpha value is -2.14. The number of aromatic nitrogens is 1. The number of benzene rings is 1. The third-order valence-corrected chi connectivity index (χ3v) is 4.10. The van der Waals surface area contributed by atoms with Crippen LogP contribution >= 0.6 is 0 Å². The van der Waals surface area contributed by atoms with Gasteiger partial charge in [0.05, 0.1) is 11.1 Å². The Kier molecular flexibility index (Phi) is 3.29. The molecule has 2 aromatic rings. The lowest BCUT2D eigenvalue weighted by Gasteiger charge is -2.35. The molecule has 0 bridgehead atoms. The number of rotatable bonds is 1. The van der Waals surface area contributed by atoms with Crippen molar-refractivity contribution in [3.05, 3.63) is 36.0 Å². The van der Waals surface area contributed by atoms with Crippen LogP contribution in [0, 0.1) is 0 Å². The molecule has 1 saturated heterocycles. The number of aliphatic hydroxyl groups is 1. The summed E-state index contributed by atoms with van der Waals surface area (Å²) in [6.45, 7) is 2.89. The number of hydrogen-bond donors (Lipinski definition) is 2.